The number of ether oxygens (including phenoxy) is 1. The zero-order valence-corrected chi connectivity index (χ0v) is 18.5. The van der Waals surface area contributed by atoms with Crippen molar-refractivity contribution < 1.29 is 31.8 Å². The summed E-state index contributed by atoms with van der Waals surface area (Å²) in [6.45, 7) is 1.09. The van der Waals surface area contributed by atoms with Gasteiger partial charge in [-0.15, -0.1) is 0 Å². The van der Waals surface area contributed by atoms with Crippen LogP contribution >= 0.6 is 0 Å². The molecule has 0 saturated heterocycles. The minimum Gasteiger partial charge on any atom is -0.480 e. The lowest BCUT2D eigenvalue weighted by Gasteiger charge is -2.35. The first-order valence-electron chi connectivity index (χ1n) is 10.2. The Hall–Kier alpha value is -3.30. The Morgan fingerprint density at radius 3 is 2.64 bits per heavy atom. The molecule has 1 heterocycles. The van der Waals surface area contributed by atoms with Crippen LogP contribution in [0.15, 0.2) is 65.6 Å². The highest BCUT2D eigenvalue weighted by Gasteiger charge is 2.34. The molecule has 1 atom stereocenters. The van der Waals surface area contributed by atoms with Crippen molar-refractivity contribution in [1.29, 1.82) is 0 Å². The fraction of sp³-hybridized carbons (Fsp3) is 0.208. The monoisotopic (exact) mass is 473 g/mol. The number of carboxylic acids is 1. The van der Waals surface area contributed by atoms with Crippen LogP contribution in [0.5, 0.6) is 0 Å². The number of carbonyl (C=O) groups is 1. The van der Waals surface area contributed by atoms with Crippen LogP contribution in [-0.4, -0.2) is 38.7 Å². The number of aryl methyl sites for hydroxylation is 1. The zero-order valence-electron chi connectivity index (χ0n) is 17.7. The summed E-state index contributed by atoms with van der Waals surface area (Å²) in [7, 11) is -4.05. The average molecular weight is 473 g/mol. The van der Waals surface area contributed by atoms with E-state index < -0.39 is 40.3 Å². The molecule has 0 bridgehead atoms. The van der Waals surface area contributed by atoms with Gasteiger partial charge in [0.05, 0.1) is 23.2 Å². The number of nitrogens with zero attached hydrogens (tertiary/aromatic N) is 1. The molecule has 1 aliphatic heterocycles. The molecule has 4 rings (SSSR count). The molecule has 0 spiro atoms. The van der Waals surface area contributed by atoms with Crippen LogP contribution in [0.3, 0.4) is 0 Å². The van der Waals surface area contributed by atoms with E-state index in [-0.39, 0.29) is 23.4 Å². The molecular weight excluding hydrogens is 452 g/mol. The highest BCUT2D eigenvalue weighted by Crippen LogP contribution is 2.37. The number of rotatable bonds is 6. The number of aliphatic carboxylic acids is 1. The normalized spacial score (nSPS) is 15.8. The van der Waals surface area contributed by atoms with Gasteiger partial charge in [0.1, 0.15) is 18.2 Å². The Balaban J connectivity index is 1.82. The van der Waals surface area contributed by atoms with Gasteiger partial charge in [-0.25, -0.2) is 22.0 Å². The lowest BCUT2D eigenvalue weighted by atomic mass is 9.96. The van der Waals surface area contributed by atoms with Crippen molar-refractivity contribution in [3.8, 4) is 11.1 Å². The number of carboxylic acid groups (broad SMARTS) is 1. The maximum Gasteiger partial charge on any atom is 0.329 e. The molecule has 1 N–H and O–H groups in total. The number of benzene rings is 3. The predicted molar refractivity (Wildman–Crippen MR) is 119 cm³/mol. The summed E-state index contributed by atoms with van der Waals surface area (Å²) in [5.74, 6) is -2.41. The summed E-state index contributed by atoms with van der Waals surface area (Å²) in [6, 6.07) is 14.2. The Bertz CT molecular complexity index is 1330. The van der Waals surface area contributed by atoms with E-state index in [1.807, 2.05) is 0 Å². The Kier molecular flexibility index (Phi) is 6.18. The average Bonchev–Trinajstić information content (AvgIpc) is 2.78. The Morgan fingerprint density at radius 2 is 1.91 bits per heavy atom. The minimum absolute atomic E-state index is 0.00922. The van der Waals surface area contributed by atoms with Gasteiger partial charge in [0, 0.05) is 12.0 Å². The number of fused-ring (bicyclic) bond motifs is 1. The SMILES string of the molecule is Cc1cccc(S(=O)(=O)N2C[C@H](OCC(=O)O)Cc3ccc(-c4cc(F)ccc4F)cc32)c1. The van der Waals surface area contributed by atoms with Gasteiger partial charge in [-0.2, -0.15) is 0 Å². The van der Waals surface area contributed by atoms with E-state index in [0.29, 0.717) is 16.8 Å². The second kappa shape index (κ2) is 8.92. The lowest BCUT2D eigenvalue weighted by Crippen LogP contribution is -2.44. The van der Waals surface area contributed by atoms with Gasteiger partial charge in [-0.05, 0) is 60.0 Å². The Morgan fingerprint density at radius 1 is 1.12 bits per heavy atom. The fourth-order valence-corrected chi connectivity index (χ4v) is 5.51. The van der Waals surface area contributed by atoms with E-state index >= 15 is 0 Å². The van der Waals surface area contributed by atoms with Crippen LogP contribution in [0.1, 0.15) is 11.1 Å². The smallest absolute Gasteiger partial charge is 0.329 e. The third kappa shape index (κ3) is 4.74. The molecule has 0 saturated carbocycles. The summed E-state index contributed by atoms with van der Waals surface area (Å²) < 4.78 is 61.9. The van der Waals surface area contributed by atoms with Gasteiger partial charge in [0.25, 0.3) is 10.0 Å². The second-order valence-corrected chi connectivity index (χ2v) is 9.71. The number of hydrogen-bond acceptors (Lipinski definition) is 4. The topological polar surface area (TPSA) is 83.9 Å². The summed E-state index contributed by atoms with van der Waals surface area (Å²) >= 11 is 0. The number of sulfonamides is 1. The molecule has 6 nitrogen and oxygen atoms in total. The third-order valence-corrected chi connectivity index (χ3v) is 7.21. The van der Waals surface area contributed by atoms with Crippen LogP contribution in [0.2, 0.25) is 0 Å². The van der Waals surface area contributed by atoms with Crippen molar-refractivity contribution in [3.63, 3.8) is 0 Å². The van der Waals surface area contributed by atoms with Gasteiger partial charge in [0.15, 0.2) is 0 Å². The van der Waals surface area contributed by atoms with Crippen molar-refractivity contribution in [3.05, 3.63) is 83.4 Å². The molecule has 0 aromatic heterocycles. The van der Waals surface area contributed by atoms with Crippen molar-refractivity contribution in [2.75, 3.05) is 17.5 Å². The van der Waals surface area contributed by atoms with Gasteiger partial charge >= 0.3 is 5.97 Å². The van der Waals surface area contributed by atoms with Crippen molar-refractivity contribution in [1.82, 2.24) is 0 Å². The number of anilines is 1. The molecule has 0 unspecified atom stereocenters. The van der Waals surface area contributed by atoms with Gasteiger partial charge in [-0.3, -0.25) is 4.31 Å². The van der Waals surface area contributed by atoms with Crippen molar-refractivity contribution in [2.45, 2.75) is 24.3 Å². The van der Waals surface area contributed by atoms with Gasteiger partial charge in [0.2, 0.25) is 0 Å². The van der Waals surface area contributed by atoms with Crippen LogP contribution in [-0.2, 0) is 26.0 Å². The van der Waals surface area contributed by atoms with Crippen LogP contribution in [0, 0.1) is 18.6 Å². The second-order valence-electron chi connectivity index (χ2n) is 7.85. The van der Waals surface area contributed by atoms with E-state index in [4.69, 9.17) is 9.84 Å². The molecule has 3 aromatic rings. The maximum absolute atomic E-state index is 14.4. The van der Waals surface area contributed by atoms with Crippen LogP contribution in [0.4, 0.5) is 14.5 Å². The molecule has 1 aliphatic rings. The largest absolute Gasteiger partial charge is 0.480 e. The van der Waals surface area contributed by atoms with E-state index in [0.717, 1.165) is 28.1 Å². The van der Waals surface area contributed by atoms with E-state index in [9.17, 15) is 22.0 Å². The quantitative estimate of drug-likeness (QED) is 0.581. The van der Waals surface area contributed by atoms with Crippen LogP contribution in [0.25, 0.3) is 11.1 Å². The zero-order chi connectivity index (χ0) is 23.8. The predicted octanol–water partition coefficient (Wildman–Crippen LogP) is 4.16. The van der Waals surface area contributed by atoms with E-state index in [1.165, 1.54) is 18.2 Å². The first-order chi connectivity index (χ1) is 15.6. The molecule has 172 valence electrons. The lowest BCUT2D eigenvalue weighted by molar-refractivity contribution is -0.144. The maximum atomic E-state index is 14.4. The van der Waals surface area contributed by atoms with Crippen LogP contribution < -0.4 is 4.31 Å². The standard InChI is InChI=1S/C24H21F2NO5S/c1-15-3-2-4-20(9-15)33(30,31)27-13-19(32-14-24(28)29)10-17-6-5-16(11-23(17)27)21-12-18(25)7-8-22(21)26/h2-9,11-12,19H,10,13-14H2,1H3,(H,28,29)/t19-/m1/s1. The molecule has 0 aliphatic carbocycles. The molecule has 0 fully saturated rings. The molecule has 0 amide bonds. The summed E-state index contributed by atoms with van der Waals surface area (Å²) in [5.41, 5.74) is 1.99. The summed E-state index contributed by atoms with van der Waals surface area (Å²) in [4.78, 5) is 11.0. The Labute approximate surface area is 190 Å². The first kappa shape index (κ1) is 22.9. The number of halogens is 2. The molecule has 33 heavy (non-hydrogen) atoms. The summed E-state index contributed by atoms with van der Waals surface area (Å²) in [6.07, 6.45) is -0.418. The molecule has 9 heteroatoms. The van der Waals surface area contributed by atoms with E-state index in [2.05, 4.69) is 0 Å². The first-order valence-corrected chi connectivity index (χ1v) is 11.6. The highest BCUT2D eigenvalue weighted by atomic mass is 32.2. The summed E-state index contributed by atoms with van der Waals surface area (Å²) in [5, 5.41) is 8.96. The van der Waals surface area contributed by atoms with Crippen molar-refractivity contribution >= 4 is 21.7 Å². The third-order valence-electron chi connectivity index (χ3n) is 5.43. The fourth-order valence-electron chi connectivity index (χ4n) is 3.88. The van der Waals surface area contributed by atoms with E-state index in [1.54, 1.807) is 31.2 Å². The molecule has 3 aromatic carbocycles. The molecular formula is C24H21F2NO5S. The minimum atomic E-state index is -4.05. The van der Waals surface area contributed by atoms with Gasteiger partial charge < -0.3 is 9.84 Å². The highest BCUT2D eigenvalue weighted by molar-refractivity contribution is 7.92. The van der Waals surface area contributed by atoms with Crippen molar-refractivity contribution in [2.24, 2.45) is 0 Å². The van der Waals surface area contributed by atoms with Gasteiger partial charge in [-0.1, -0.05) is 24.3 Å². The number of hydrogen-bond donors (Lipinski definition) is 1. The molecule has 0 radical (unpaired) electrons.